The molecular formula is C43H50F2N8O6. The average molecular weight is 813 g/mol. The van der Waals surface area contributed by atoms with Crippen LogP contribution in [0, 0.1) is 29.6 Å². The molecule has 0 unspecified atom stereocenters. The molecule has 2 aliphatic heterocycles. The Kier molecular flexibility index (Phi) is 12.7. The van der Waals surface area contributed by atoms with Crippen molar-refractivity contribution in [1.82, 2.24) is 40.4 Å². The average Bonchev–Trinajstić information content (AvgIpc) is 4.03. The predicted octanol–water partition coefficient (Wildman–Crippen LogP) is 6.45. The van der Waals surface area contributed by atoms with E-state index in [0.29, 0.717) is 18.1 Å². The third-order valence-corrected chi connectivity index (χ3v) is 10.7. The van der Waals surface area contributed by atoms with E-state index in [4.69, 9.17) is 4.74 Å². The van der Waals surface area contributed by atoms with Gasteiger partial charge >= 0.3 is 12.2 Å². The second-order valence-electron chi connectivity index (χ2n) is 15.9. The number of benzene rings is 2. The van der Waals surface area contributed by atoms with Crippen LogP contribution in [0.25, 0.3) is 22.5 Å². The lowest BCUT2D eigenvalue weighted by Gasteiger charge is -2.30. The van der Waals surface area contributed by atoms with Crippen LogP contribution in [-0.4, -0.2) is 99.1 Å². The molecule has 16 heteroatoms. The fraction of sp³-hybridized carbons (Fsp3) is 0.442. The number of H-pyrrole nitrogens is 2. The lowest BCUT2D eigenvalue weighted by atomic mass is 10.0. The first-order chi connectivity index (χ1) is 28.1. The van der Waals surface area contributed by atoms with Crippen LogP contribution in [0.1, 0.15) is 82.3 Å². The first-order valence-corrected chi connectivity index (χ1v) is 19.6. The van der Waals surface area contributed by atoms with Crippen molar-refractivity contribution in [2.24, 2.45) is 17.8 Å². The van der Waals surface area contributed by atoms with Crippen LogP contribution in [0.5, 0.6) is 0 Å². The van der Waals surface area contributed by atoms with E-state index >= 15 is 0 Å². The van der Waals surface area contributed by atoms with Gasteiger partial charge in [-0.3, -0.25) is 9.59 Å². The van der Waals surface area contributed by atoms with Gasteiger partial charge < -0.3 is 39.9 Å². The summed E-state index contributed by atoms with van der Waals surface area (Å²) in [5, 5.41) is 5.15. The van der Waals surface area contributed by atoms with Gasteiger partial charge in [-0.15, -0.1) is 0 Å². The van der Waals surface area contributed by atoms with Crippen molar-refractivity contribution in [3.8, 4) is 34.4 Å². The summed E-state index contributed by atoms with van der Waals surface area (Å²) >= 11 is 0. The molecule has 2 saturated heterocycles. The van der Waals surface area contributed by atoms with E-state index in [-0.39, 0.29) is 35.5 Å². The Balaban J connectivity index is 1.10. The molecule has 5 atom stereocenters. The number of carbonyl (C=O) groups is 4. The van der Waals surface area contributed by atoms with Gasteiger partial charge in [-0.05, 0) is 59.6 Å². The minimum Gasteiger partial charge on any atom is -0.453 e. The summed E-state index contributed by atoms with van der Waals surface area (Å²) in [6.45, 7) is 9.04. The third-order valence-electron chi connectivity index (χ3n) is 10.7. The highest BCUT2D eigenvalue weighted by molar-refractivity contribution is 5.87. The van der Waals surface area contributed by atoms with Gasteiger partial charge in [-0.2, -0.15) is 0 Å². The van der Waals surface area contributed by atoms with Crippen LogP contribution < -0.4 is 10.6 Å². The quantitative estimate of drug-likeness (QED) is 0.132. The number of amides is 4. The van der Waals surface area contributed by atoms with Crippen molar-refractivity contribution in [3.63, 3.8) is 0 Å². The molecule has 4 N–H and O–H groups in total. The number of rotatable bonds is 10. The molecular weight excluding hydrogens is 763 g/mol. The van der Waals surface area contributed by atoms with Crippen LogP contribution in [0.15, 0.2) is 60.9 Å². The molecule has 4 aromatic rings. The van der Waals surface area contributed by atoms with Crippen LogP contribution in [0.4, 0.5) is 18.4 Å². The van der Waals surface area contributed by atoms with E-state index in [1.165, 1.54) is 14.2 Å². The second kappa shape index (κ2) is 17.7. The number of methoxy groups -OCH3 is 2. The summed E-state index contributed by atoms with van der Waals surface area (Å²) in [6, 6.07) is 12.1. The number of nitrogens with one attached hydrogen (secondary N) is 4. The van der Waals surface area contributed by atoms with E-state index in [0.717, 1.165) is 39.3 Å². The standard InChI is InChI=1S/C43H50F2N8O6/c1-24(2)35(50-41(56)58-6)39(54)52-22-26(5)18-33(52)37-46-20-31(48-37)29-14-10-27(11-15-29)8-9-28-12-16-30(17-13-28)32-21-47-38(49-32)34-19-43(44,45)23-53(34)40(55)36(25(3)4)51-42(57)59-7/h10-17,20-21,24-26,33-36H,18-19,22-23H2,1-7H3,(H,46,48)(H,47,49)(H,50,56)(H,51,57)/t26-,33-,34-,35-,36-/m0/s1. The Labute approximate surface area is 341 Å². The summed E-state index contributed by atoms with van der Waals surface area (Å²) < 4.78 is 38.9. The number of alkyl halides is 2. The molecule has 4 amide bonds. The number of hydrogen-bond donors (Lipinski definition) is 4. The molecule has 0 saturated carbocycles. The molecule has 4 heterocycles. The zero-order chi connectivity index (χ0) is 42.6. The summed E-state index contributed by atoms with van der Waals surface area (Å²) in [5.74, 6) is 3.06. The van der Waals surface area contributed by atoms with E-state index < -0.39 is 55.1 Å². The van der Waals surface area contributed by atoms with Gasteiger partial charge in [0.2, 0.25) is 11.8 Å². The number of carbonyl (C=O) groups excluding carboxylic acids is 4. The number of aromatic nitrogens is 4. The maximum absolute atomic E-state index is 14.7. The lowest BCUT2D eigenvalue weighted by molar-refractivity contribution is -0.137. The number of alkyl carbamates (subject to hydrolysis) is 2. The van der Waals surface area contributed by atoms with Crippen LogP contribution in [-0.2, 0) is 19.1 Å². The zero-order valence-corrected chi connectivity index (χ0v) is 34.1. The van der Waals surface area contributed by atoms with Crippen molar-refractivity contribution < 1.29 is 37.4 Å². The molecule has 312 valence electrons. The number of hydrogen-bond acceptors (Lipinski definition) is 8. The second-order valence-corrected chi connectivity index (χ2v) is 15.9. The topological polar surface area (TPSA) is 175 Å². The predicted molar refractivity (Wildman–Crippen MR) is 215 cm³/mol. The highest BCUT2D eigenvalue weighted by Gasteiger charge is 2.50. The van der Waals surface area contributed by atoms with Gasteiger partial charge in [-0.1, -0.05) is 70.7 Å². The molecule has 6 rings (SSSR count). The van der Waals surface area contributed by atoms with Gasteiger partial charge in [0.25, 0.3) is 5.92 Å². The number of imidazole rings is 2. The Morgan fingerprint density at radius 1 is 0.746 bits per heavy atom. The first kappa shape index (κ1) is 42.4. The van der Waals surface area contributed by atoms with Crippen molar-refractivity contribution in [3.05, 3.63) is 83.7 Å². The van der Waals surface area contributed by atoms with Gasteiger partial charge in [0, 0.05) is 24.1 Å². The Bertz CT molecular complexity index is 2210. The van der Waals surface area contributed by atoms with Gasteiger partial charge in [0.05, 0.1) is 56.6 Å². The number of aromatic amines is 2. The maximum atomic E-state index is 14.7. The SMILES string of the molecule is COC(=O)N[C@H](C(=O)N1C[C@@H](C)C[C@H]1c1ncc(-c2ccc(C#Cc3ccc(-c4cnc([C@@H]5CC(F)(F)CN5C(=O)[C@@H](NC(=O)OC)C(C)C)[nH]4)cc3)cc2)[nH]1)C(C)C. The molecule has 2 fully saturated rings. The monoisotopic (exact) mass is 812 g/mol. The Hall–Kier alpha value is -6.24. The minimum atomic E-state index is -3.13. The Morgan fingerprint density at radius 3 is 1.63 bits per heavy atom. The Morgan fingerprint density at radius 2 is 1.19 bits per heavy atom. The minimum absolute atomic E-state index is 0.136. The highest BCUT2D eigenvalue weighted by Crippen LogP contribution is 2.41. The molecule has 14 nitrogen and oxygen atoms in total. The first-order valence-electron chi connectivity index (χ1n) is 19.6. The molecule has 59 heavy (non-hydrogen) atoms. The molecule has 2 aromatic heterocycles. The number of nitrogens with zero attached hydrogens (tertiary/aromatic N) is 4. The molecule has 2 aliphatic rings. The van der Waals surface area contributed by atoms with Gasteiger partial charge in [0.15, 0.2) is 0 Å². The fourth-order valence-corrected chi connectivity index (χ4v) is 7.51. The fourth-order valence-electron chi connectivity index (χ4n) is 7.51. The van der Waals surface area contributed by atoms with E-state index in [2.05, 4.69) is 54.1 Å². The summed E-state index contributed by atoms with van der Waals surface area (Å²) in [5.41, 5.74) is 4.60. The van der Waals surface area contributed by atoms with Crippen molar-refractivity contribution >= 4 is 24.0 Å². The molecule has 0 radical (unpaired) electrons. The van der Waals surface area contributed by atoms with E-state index in [9.17, 15) is 28.0 Å². The van der Waals surface area contributed by atoms with Crippen molar-refractivity contribution in [1.29, 1.82) is 0 Å². The normalized spacial score (nSPS) is 19.5. The van der Waals surface area contributed by atoms with Gasteiger partial charge in [-0.25, -0.2) is 28.3 Å². The van der Waals surface area contributed by atoms with Gasteiger partial charge in [0.1, 0.15) is 23.7 Å². The van der Waals surface area contributed by atoms with Crippen LogP contribution in [0.3, 0.4) is 0 Å². The number of halogens is 2. The summed E-state index contributed by atoms with van der Waals surface area (Å²) in [7, 11) is 2.44. The lowest BCUT2D eigenvalue weighted by Crippen LogP contribution is -2.51. The summed E-state index contributed by atoms with van der Waals surface area (Å²) in [6.07, 6.45) is 1.96. The third kappa shape index (κ3) is 9.73. The number of likely N-dealkylation sites (tertiary alicyclic amines) is 2. The van der Waals surface area contributed by atoms with E-state index in [1.807, 2.05) is 62.4 Å². The molecule has 0 bridgehead atoms. The highest BCUT2D eigenvalue weighted by atomic mass is 19.3. The zero-order valence-electron chi connectivity index (χ0n) is 34.1. The molecule has 2 aromatic carbocycles. The summed E-state index contributed by atoms with van der Waals surface area (Å²) in [4.78, 5) is 69.4. The van der Waals surface area contributed by atoms with E-state index in [1.54, 1.807) is 31.1 Å². The largest absolute Gasteiger partial charge is 0.453 e. The maximum Gasteiger partial charge on any atom is 0.407 e. The van der Waals surface area contributed by atoms with Crippen LogP contribution >= 0.6 is 0 Å². The molecule has 0 aliphatic carbocycles. The molecule has 0 spiro atoms. The van der Waals surface area contributed by atoms with Crippen molar-refractivity contribution in [2.45, 2.75) is 77.6 Å². The number of ether oxygens (including phenoxy) is 2. The smallest absolute Gasteiger partial charge is 0.407 e. The van der Waals surface area contributed by atoms with Crippen LogP contribution in [0.2, 0.25) is 0 Å². The van der Waals surface area contributed by atoms with Crippen molar-refractivity contribution in [2.75, 3.05) is 27.3 Å².